The Bertz CT molecular complexity index is 1060. The van der Waals surface area contributed by atoms with Crippen molar-refractivity contribution in [1.82, 2.24) is 20.3 Å². The van der Waals surface area contributed by atoms with Gasteiger partial charge in [-0.25, -0.2) is 9.97 Å². The maximum Gasteiger partial charge on any atom is 0.253 e. The second-order valence-electron chi connectivity index (χ2n) is 5.70. The third kappa shape index (κ3) is 3.12. The number of H-pyrrole nitrogens is 1. The normalized spacial score (nSPS) is 10.9. The summed E-state index contributed by atoms with van der Waals surface area (Å²) in [6, 6.07) is 8.70. The van der Waals surface area contributed by atoms with Crippen LogP contribution in [0.5, 0.6) is 0 Å². The predicted molar refractivity (Wildman–Crippen MR) is 93.0 cm³/mol. The summed E-state index contributed by atoms with van der Waals surface area (Å²) in [6.45, 7) is 0.409. The molecule has 0 atom stereocenters. The Morgan fingerprint density at radius 3 is 3.04 bits per heavy atom. The predicted octanol–water partition coefficient (Wildman–Crippen LogP) is 1.82. The third-order valence-electron chi connectivity index (χ3n) is 3.93. The van der Waals surface area contributed by atoms with Gasteiger partial charge in [-0.1, -0.05) is 0 Å². The summed E-state index contributed by atoms with van der Waals surface area (Å²) < 4.78 is 6.06. The summed E-state index contributed by atoms with van der Waals surface area (Å²) in [6.07, 6.45) is 6.57. The third-order valence-corrected chi connectivity index (χ3v) is 3.93. The number of nitrogens with zero attached hydrogens (tertiary/aromatic N) is 3. The van der Waals surface area contributed by atoms with E-state index in [4.69, 9.17) is 4.42 Å². The van der Waals surface area contributed by atoms with Crippen LogP contribution in [-0.2, 0) is 6.42 Å². The molecule has 2 N–H and O–H groups in total. The molecular weight excluding hydrogens is 334 g/mol. The van der Waals surface area contributed by atoms with Crippen molar-refractivity contribution in [2.24, 2.45) is 0 Å². The largest absolute Gasteiger partial charge is 0.619 e. The number of nitrogens with one attached hydrogen (secondary N) is 2. The van der Waals surface area contributed by atoms with Gasteiger partial charge in [-0.2, -0.15) is 4.73 Å². The average Bonchev–Trinajstić information content (AvgIpc) is 3.30. The zero-order valence-corrected chi connectivity index (χ0v) is 13.7. The highest BCUT2D eigenvalue weighted by Gasteiger charge is 2.15. The number of hydrogen-bond donors (Lipinski definition) is 2. The fourth-order valence-corrected chi connectivity index (χ4v) is 2.69. The minimum absolute atomic E-state index is 0.238. The fraction of sp³-hybridized carbons (Fsp3) is 0.111. The summed E-state index contributed by atoms with van der Waals surface area (Å²) in [5.74, 6) is 0.851. The molecule has 26 heavy (non-hydrogen) atoms. The van der Waals surface area contributed by atoms with E-state index in [0.717, 1.165) is 10.3 Å². The standard InChI is InChI=1S/C18H15N5O3/c24-18(20-7-5-12-3-1-9-23(25)11-12)13-6-8-19-17-15(13)21-16(22-17)14-4-2-10-26-14/h1-4,6,8-11H,5,7H2,(H,20,24)(H,19,21,22). The van der Waals surface area contributed by atoms with Crippen LogP contribution >= 0.6 is 0 Å². The molecule has 0 aliphatic carbocycles. The van der Waals surface area contributed by atoms with E-state index in [1.54, 1.807) is 36.7 Å². The Labute approximate surface area is 148 Å². The van der Waals surface area contributed by atoms with Crippen LogP contribution in [0.2, 0.25) is 0 Å². The van der Waals surface area contributed by atoms with Crippen LogP contribution in [0.3, 0.4) is 0 Å². The molecule has 1 amide bonds. The van der Waals surface area contributed by atoms with E-state index < -0.39 is 0 Å². The summed E-state index contributed by atoms with van der Waals surface area (Å²) >= 11 is 0. The highest BCUT2D eigenvalue weighted by molar-refractivity contribution is 6.04. The van der Waals surface area contributed by atoms with Crippen molar-refractivity contribution in [3.05, 3.63) is 71.5 Å². The van der Waals surface area contributed by atoms with E-state index in [9.17, 15) is 10.0 Å². The number of aromatic nitrogens is 4. The Morgan fingerprint density at radius 1 is 1.31 bits per heavy atom. The maximum atomic E-state index is 12.5. The molecule has 0 fully saturated rings. The molecule has 0 aliphatic rings. The van der Waals surface area contributed by atoms with Gasteiger partial charge in [0, 0.05) is 24.4 Å². The molecule has 0 unspecified atom stereocenters. The minimum Gasteiger partial charge on any atom is -0.619 e. The van der Waals surface area contributed by atoms with E-state index in [0.29, 0.717) is 41.3 Å². The second-order valence-corrected chi connectivity index (χ2v) is 5.70. The molecule has 0 radical (unpaired) electrons. The summed E-state index contributed by atoms with van der Waals surface area (Å²) in [5.41, 5.74) is 2.30. The van der Waals surface area contributed by atoms with Crippen molar-refractivity contribution < 1.29 is 13.9 Å². The van der Waals surface area contributed by atoms with Crippen molar-refractivity contribution in [1.29, 1.82) is 0 Å². The Hall–Kier alpha value is -3.68. The number of furan rings is 1. The zero-order chi connectivity index (χ0) is 17.9. The van der Waals surface area contributed by atoms with Crippen LogP contribution < -0.4 is 10.0 Å². The molecule has 0 aromatic carbocycles. The topological polar surface area (TPSA) is 111 Å². The summed E-state index contributed by atoms with van der Waals surface area (Å²) in [7, 11) is 0. The Balaban J connectivity index is 1.51. The molecule has 0 aliphatic heterocycles. The number of imidazole rings is 1. The van der Waals surface area contributed by atoms with Crippen molar-refractivity contribution in [2.45, 2.75) is 6.42 Å². The van der Waals surface area contributed by atoms with Gasteiger partial charge in [0.15, 0.2) is 29.6 Å². The second kappa shape index (κ2) is 6.67. The van der Waals surface area contributed by atoms with Gasteiger partial charge in [0.25, 0.3) is 5.91 Å². The maximum absolute atomic E-state index is 12.5. The van der Waals surface area contributed by atoms with E-state index in [1.807, 2.05) is 6.07 Å². The first-order valence-electron chi connectivity index (χ1n) is 8.05. The van der Waals surface area contributed by atoms with Gasteiger partial charge in [0.1, 0.15) is 0 Å². The van der Waals surface area contributed by atoms with Gasteiger partial charge in [-0.15, -0.1) is 0 Å². The molecule has 4 rings (SSSR count). The number of rotatable bonds is 5. The number of aromatic amines is 1. The van der Waals surface area contributed by atoms with Crippen molar-refractivity contribution in [2.75, 3.05) is 6.54 Å². The molecule has 8 heteroatoms. The lowest BCUT2D eigenvalue weighted by molar-refractivity contribution is -0.605. The van der Waals surface area contributed by atoms with Gasteiger partial charge < -0.3 is 19.9 Å². The monoisotopic (exact) mass is 349 g/mol. The molecule has 130 valence electrons. The highest BCUT2D eigenvalue weighted by atomic mass is 16.5. The molecule has 4 aromatic rings. The number of carbonyl (C=O) groups is 1. The number of pyridine rings is 2. The molecule has 0 spiro atoms. The number of hydrogen-bond acceptors (Lipinski definition) is 5. The van der Waals surface area contributed by atoms with Gasteiger partial charge in [0.2, 0.25) is 0 Å². The smallest absolute Gasteiger partial charge is 0.253 e. The lowest BCUT2D eigenvalue weighted by Crippen LogP contribution is -2.28. The number of carbonyl (C=O) groups excluding carboxylic acids is 1. The first kappa shape index (κ1) is 15.8. The lowest BCUT2D eigenvalue weighted by atomic mass is 10.2. The SMILES string of the molecule is O=C(NCCc1ccc[n+]([O-])c1)c1ccnc2nc(-c3ccco3)[nH]c12. The van der Waals surface area contributed by atoms with E-state index in [-0.39, 0.29) is 5.91 Å². The van der Waals surface area contributed by atoms with Crippen LogP contribution in [0.25, 0.3) is 22.7 Å². The summed E-state index contributed by atoms with van der Waals surface area (Å²) in [5, 5.41) is 14.1. The van der Waals surface area contributed by atoms with Crippen LogP contribution in [-0.4, -0.2) is 27.4 Å². The molecule has 8 nitrogen and oxygen atoms in total. The first-order chi connectivity index (χ1) is 12.7. The van der Waals surface area contributed by atoms with E-state index >= 15 is 0 Å². The van der Waals surface area contributed by atoms with Crippen LogP contribution in [0, 0.1) is 5.21 Å². The van der Waals surface area contributed by atoms with Gasteiger partial charge in [-0.3, -0.25) is 4.79 Å². The van der Waals surface area contributed by atoms with Gasteiger partial charge in [0.05, 0.1) is 17.3 Å². The summed E-state index contributed by atoms with van der Waals surface area (Å²) in [4.78, 5) is 24.2. The molecule has 0 saturated carbocycles. The number of amides is 1. The zero-order valence-electron chi connectivity index (χ0n) is 13.7. The Morgan fingerprint density at radius 2 is 2.23 bits per heavy atom. The van der Waals surface area contributed by atoms with Crippen LogP contribution in [0.15, 0.2) is 59.6 Å². The first-order valence-corrected chi connectivity index (χ1v) is 8.05. The van der Waals surface area contributed by atoms with Crippen LogP contribution in [0.1, 0.15) is 15.9 Å². The van der Waals surface area contributed by atoms with Crippen molar-refractivity contribution in [3.8, 4) is 11.6 Å². The quantitative estimate of drug-likeness (QED) is 0.422. The van der Waals surface area contributed by atoms with E-state index in [2.05, 4.69) is 20.3 Å². The lowest BCUT2D eigenvalue weighted by Gasteiger charge is -2.06. The minimum atomic E-state index is -0.238. The fourth-order valence-electron chi connectivity index (χ4n) is 2.69. The average molecular weight is 349 g/mol. The van der Waals surface area contributed by atoms with Crippen molar-refractivity contribution >= 4 is 17.1 Å². The molecular formula is C18H15N5O3. The Kier molecular flexibility index (Phi) is 4.06. The van der Waals surface area contributed by atoms with E-state index in [1.165, 1.54) is 12.4 Å². The van der Waals surface area contributed by atoms with Crippen molar-refractivity contribution in [3.63, 3.8) is 0 Å². The molecule has 4 heterocycles. The van der Waals surface area contributed by atoms with Crippen LogP contribution in [0.4, 0.5) is 0 Å². The molecule has 4 aromatic heterocycles. The van der Waals surface area contributed by atoms with Gasteiger partial charge >= 0.3 is 0 Å². The molecule has 0 bridgehead atoms. The van der Waals surface area contributed by atoms with Gasteiger partial charge in [-0.05, 0) is 30.7 Å². The number of fused-ring (bicyclic) bond motifs is 1. The molecule has 0 saturated heterocycles. The highest BCUT2D eigenvalue weighted by Crippen LogP contribution is 2.21.